The van der Waals surface area contributed by atoms with Crippen molar-refractivity contribution in [3.8, 4) is 0 Å². The van der Waals surface area contributed by atoms with Crippen LogP contribution in [-0.2, 0) is 14.9 Å². The highest BCUT2D eigenvalue weighted by Gasteiger charge is 2.35. The van der Waals surface area contributed by atoms with Gasteiger partial charge in [0.15, 0.2) is 23.3 Å². The standard InChI is InChI=1S/C11H14F4O2Si/c1-4-18(16-2,17-3)6-7-5-8(12)10(14)11(15)9(7)13/h5H,4,6H2,1-3H3. The molecule has 0 bridgehead atoms. The highest BCUT2D eigenvalue weighted by Crippen LogP contribution is 2.24. The predicted molar refractivity (Wildman–Crippen MR) is 60.2 cm³/mol. The molecule has 0 amide bonds. The van der Waals surface area contributed by atoms with Gasteiger partial charge in [0, 0.05) is 20.3 Å². The van der Waals surface area contributed by atoms with E-state index in [1.165, 1.54) is 14.2 Å². The summed E-state index contributed by atoms with van der Waals surface area (Å²) in [5.74, 6) is -6.44. The van der Waals surface area contributed by atoms with Gasteiger partial charge in [-0.15, -0.1) is 0 Å². The van der Waals surface area contributed by atoms with Gasteiger partial charge in [-0.1, -0.05) is 6.92 Å². The first-order chi connectivity index (χ1) is 8.40. The van der Waals surface area contributed by atoms with Crippen LogP contribution in [0.15, 0.2) is 6.07 Å². The summed E-state index contributed by atoms with van der Waals surface area (Å²) in [6, 6.07) is 1.03. The second-order valence-electron chi connectivity index (χ2n) is 3.81. The summed E-state index contributed by atoms with van der Waals surface area (Å²) >= 11 is 0. The van der Waals surface area contributed by atoms with Crippen molar-refractivity contribution in [3.63, 3.8) is 0 Å². The third-order valence-corrected chi connectivity index (χ3v) is 6.41. The Bertz CT molecular complexity index is 427. The zero-order chi connectivity index (χ0) is 13.9. The zero-order valence-electron chi connectivity index (χ0n) is 10.3. The number of hydrogen-bond donors (Lipinski definition) is 0. The molecule has 0 spiro atoms. The maximum Gasteiger partial charge on any atom is 0.341 e. The summed E-state index contributed by atoms with van der Waals surface area (Å²) in [4.78, 5) is 0. The van der Waals surface area contributed by atoms with E-state index in [1.54, 1.807) is 6.92 Å². The maximum atomic E-state index is 13.5. The van der Waals surface area contributed by atoms with Crippen LogP contribution in [0, 0.1) is 23.3 Å². The number of hydrogen-bond acceptors (Lipinski definition) is 2. The van der Waals surface area contributed by atoms with Crippen LogP contribution in [0.1, 0.15) is 12.5 Å². The van der Waals surface area contributed by atoms with E-state index in [4.69, 9.17) is 8.85 Å². The third kappa shape index (κ3) is 2.73. The molecule has 0 fully saturated rings. The van der Waals surface area contributed by atoms with Crippen molar-refractivity contribution in [2.45, 2.75) is 19.0 Å². The van der Waals surface area contributed by atoms with Crippen LogP contribution in [-0.4, -0.2) is 22.8 Å². The fourth-order valence-corrected chi connectivity index (χ4v) is 3.80. The van der Waals surface area contributed by atoms with Crippen LogP contribution >= 0.6 is 0 Å². The third-order valence-electron chi connectivity index (χ3n) is 2.92. The summed E-state index contributed by atoms with van der Waals surface area (Å²) < 4.78 is 62.9. The van der Waals surface area contributed by atoms with Gasteiger partial charge in [-0.2, -0.15) is 0 Å². The lowest BCUT2D eigenvalue weighted by molar-refractivity contribution is 0.241. The van der Waals surface area contributed by atoms with Gasteiger partial charge in [-0.05, 0) is 17.7 Å². The van der Waals surface area contributed by atoms with E-state index < -0.39 is 31.8 Å². The molecule has 0 aliphatic heterocycles. The maximum absolute atomic E-state index is 13.5. The molecule has 18 heavy (non-hydrogen) atoms. The Balaban J connectivity index is 3.19. The van der Waals surface area contributed by atoms with Gasteiger partial charge < -0.3 is 8.85 Å². The second kappa shape index (κ2) is 5.81. The van der Waals surface area contributed by atoms with Crippen molar-refractivity contribution < 1.29 is 26.4 Å². The van der Waals surface area contributed by atoms with Crippen LogP contribution in [0.3, 0.4) is 0 Å². The SMILES string of the molecule is CC[Si](Cc1cc(F)c(F)c(F)c1F)(OC)OC. The van der Waals surface area contributed by atoms with E-state index in [9.17, 15) is 17.6 Å². The lowest BCUT2D eigenvalue weighted by atomic mass is 10.2. The topological polar surface area (TPSA) is 18.5 Å². The number of benzene rings is 1. The fraction of sp³-hybridized carbons (Fsp3) is 0.455. The molecule has 0 radical (unpaired) electrons. The summed E-state index contributed by atoms with van der Waals surface area (Å²) in [6.45, 7) is 1.77. The zero-order valence-corrected chi connectivity index (χ0v) is 11.3. The molecule has 2 nitrogen and oxygen atoms in total. The average molecular weight is 282 g/mol. The molecular weight excluding hydrogens is 268 g/mol. The molecule has 0 saturated carbocycles. The van der Waals surface area contributed by atoms with Crippen LogP contribution in [0.2, 0.25) is 6.04 Å². The molecular formula is C11H14F4O2Si. The Morgan fingerprint density at radius 3 is 2.00 bits per heavy atom. The van der Waals surface area contributed by atoms with Crippen molar-refractivity contribution in [3.05, 3.63) is 34.9 Å². The van der Waals surface area contributed by atoms with Gasteiger partial charge in [-0.3, -0.25) is 0 Å². The van der Waals surface area contributed by atoms with Crippen LogP contribution < -0.4 is 0 Å². The van der Waals surface area contributed by atoms with Crippen molar-refractivity contribution in [1.82, 2.24) is 0 Å². The van der Waals surface area contributed by atoms with Gasteiger partial charge in [0.2, 0.25) is 0 Å². The summed E-state index contributed by atoms with van der Waals surface area (Å²) in [5, 5.41) is 0. The van der Waals surface area contributed by atoms with E-state index in [0.717, 1.165) is 0 Å². The molecule has 0 aliphatic carbocycles. The van der Waals surface area contributed by atoms with Crippen molar-refractivity contribution in [2.24, 2.45) is 0 Å². The average Bonchev–Trinajstić information content (AvgIpc) is 2.39. The molecule has 1 aromatic rings. The summed E-state index contributed by atoms with van der Waals surface area (Å²) in [7, 11) is 0.0437. The fourth-order valence-electron chi connectivity index (χ4n) is 1.68. The molecule has 7 heteroatoms. The smallest absolute Gasteiger partial charge is 0.341 e. The normalized spacial score (nSPS) is 11.9. The van der Waals surface area contributed by atoms with E-state index in [1.807, 2.05) is 0 Å². The van der Waals surface area contributed by atoms with E-state index >= 15 is 0 Å². The molecule has 1 rings (SSSR count). The van der Waals surface area contributed by atoms with Crippen molar-refractivity contribution >= 4 is 8.56 Å². The minimum absolute atomic E-state index is 0.0869. The van der Waals surface area contributed by atoms with Crippen LogP contribution in [0.4, 0.5) is 17.6 Å². The highest BCUT2D eigenvalue weighted by atomic mass is 28.4. The monoisotopic (exact) mass is 282 g/mol. The quantitative estimate of drug-likeness (QED) is 0.357. The summed E-state index contributed by atoms with van der Waals surface area (Å²) in [6.07, 6.45) is 0. The molecule has 1 aromatic carbocycles. The first-order valence-electron chi connectivity index (χ1n) is 5.33. The largest absolute Gasteiger partial charge is 0.397 e. The van der Waals surface area contributed by atoms with E-state index in [-0.39, 0.29) is 11.6 Å². The number of halogens is 4. The molecule has 0 unspecified atom stereocenters. The van der Waals surface area contributed by atoms with E-state index in [2.05, 4.69) is 0 Å². The van der Waals surface area contributed by atoms with Gasteiger partial charge in [-0.25, -0.2) is 17.6 Å². The minimum Gasteiger partial charge on any atom is -0.397 e. The lowest BCUT2D eigenvalue weighted by Gasteiger charge is -2.26. The number of rotatable bonds is 5. The Labute approximate surface area is 104 Å². The van der Waals surface area contributed by atoms with Gasteiger partial charge >= 0.3 is 8.56 Å². The van der Waals surface area contributed by atoms with E-state index in [0.29, 0.717) is 12.1 Å². The molecule has 0 saturated heterocycles. The van der Waals surface area contributed by atoms with Gasteiger partial charge in [0.05, 0.1) is 0 Å². The Kier molecular flexibility index (Phi) is 4.89. The van der Waals surface area contributed by atoms with Gasteiger partial charge in [0.25, 0.3) is 0 Å². The Hall–Kier alpha value is -0.923. The minimum atomic E-state index is -2.75. The predicted octanol–water partition coefficient (Wildman–Crippen LogP) is 3.08. The highest BCUT2D eigenvalue weighted by molar-refractivity contribution is 6.66. The molecule has 102 valence electrons. The first kappa shape index (κ1) is 15.1. The summed E-state index contributed by atoms with van der Waals surface area (Å²) in [5.41, 5.74) is -0.274. The lowest BCUT2D eigenvalue weighted by Crippen LogP contribution is -2.42. The molecule has 0 N–H and O–H groups in total. The molecule has 0 aliphatic rings. The Morgan fingerprint density at radius 2 is 1.56 bits per heavy atom. The van der Waals surface area contributed by atoms with Crippen molar-refractivity contribution in [2.75, 3.05) is 14.2 Å². The first-order valence-corrected chi connectivity index (χ1v) is 7.56. The molecule has 0 aromatic heterocycles. The van der Waals surface area contributed by atoms with Crippen LogP contribution in [0.5, 0.6) is 0 Å². The van der Waals surface area contributed by atoms with Gasteiger partial charge in [0.1, 0.15) is 0 Å². The molecule has 0 atom stereocenters. The van der Waals surface area contributed by atoms with Crippen molar-refractivity contribution in [1.29, 1.82) is 0 Å². The Morgan fingerprint density at radius 1 is 1.00 bits per heavy atom. The van der Waals surface area contributed by atoms with Crippen LogP contribution in [0.25, 0.3) is 0 Å². The second-order valence-corrected chi connectivity index (χ2v) is 7.51. The molecule has 0 heterocycles.